The number of rotatable bonds is 2. The Bertz CT molecular complexity index is 844. The van der Waals surface area contributed by atoms with Gasteiger partial charge in [-0.1, -0.05) is 12.1 Å². The number of halogens is 1. The number of aromatic hydroxyl groups is 1. The molecular formula is C18H23ClN4O2. The van der Waals surface area contributed by atoms with Gasteiger partial charge in [-0.3, -0.25) is 0 Å². The van der Waals surface area contributed by atoms with Gasteiger partial charge in [-0.2, -0.15) is 0 Å². The highest BCUT2D eigenvalue weighted by molar-refractivity contribution is 5.85. The van der Waals surface area contributed by atoms with Crippen molar-refractivity contribution in [1.29, 1.82) is 0 Å². The van der Waals surface area contributed by atoms with Crippen LogP contribution in [-0.4, -0.2) is 50.6 Å². The molecule has 0 bridgehead atoms. The Balaban J connectivity index is 0.00000113. The molecule has 7 heteroatoms. The van der Waals surface area contributed by atoms with E-state index in [-0.39, 0.29) is 23.6 Å². The second-order valence-corrected chi connectivity index (χ2v) is 6.34. The van der Waals surface area contributed by atoms with Gasteiger partial charge >= 0.3 is 0 Å². The average Bonchev–Trinajstić information content (AvgIpc) is 2.99. The number of hydrogen-bond acceptors (Lipinski definition) is 4. The Kier molecular flexibility index (Phi) is 6.00. The predicted octanol–water partition coefficient (Wildman–Crippen LogP) is 2.74. The lowest BCUT2D eigenvalue weighted by Gasteiger charge is -2.27. The highest BCUT2D eigenvalue weighted by Crippen LogP contribution is 2.28. The maximum atomic E-state index is 9.64. The van der Waals surface area contributed by atoms with Crippen LogP contribution in [0.15, 0.2) is 36.5 Å². The van der Waals surface area contributed by atoms with Crippen molar-refractivity contribution in [2.45, 2.75) is 18.8 Å². The lowest BCUT2D eigenvalue weighted by Crippen LogP contribution is -2.29. The highest BCUT2D eigenvalue weighted by atomic mass is 35.5. The number of fused-ring (bicyclic) bond motifs is 1. The van der Waals surface area contributed by atoms with E-state index < -0.39 is 0 Å². The molecule has 1 aromatic carbocycles. The molecule has 0 atom stereocenters. The molecule has 6 nitrogen and oxygen atoms in total. The minimum absolute atomic E-state index is 0. The third-order valence-corrected chi connectivity index (χ3v) is 4.63. The van der Waals surface area contributed by atoms with Crippen LogP contribution in [0.4, 0.5) is 0 Å². The first-order valence-electron chi connectivity index (χ1n) is 8.02. The number of phenols is 1. The number of likely N-dealkylation sites (tertiary alicyclic amines) is 1. The Hall–Kier alpha value is -2.15. The summed E-state index contributed by atoms with van der Waals surface area (Å²) < 4.78 is 0. The van der Waals surface area contributed by atoms with E-state index in [9.17, 15) is 5.11 Å². The molecular weight excluding hydrogens is 340 g/mol. The van der Waals surface area contributed by atoms with Gasteiger partial charge in [-0.05, 0) is 51.2 Å². The van der Waals surface area contributed by atoms with E-state index in [4.69, 9.17) is 4.98 Å². The van der Waals surface area contributed by atoms with Gasteiger partial charge in [0.1, 0.15) is 11.6 Å². The molecule has 0 radical (unpaired) electrons. The zero-order valence-corrected chi connectivity index (χ0v) is 14.9. The number of aromatic nitrogens is 3. The van der Waals surface area contributed by atoms with Gasteiger partial charge in [0, 0.05) is 17.2 Å². The molecule has 1 fully saturated rings. The second-order valence-electron chi connectivity index (χ2n) is 6.34. The van der Waals surface area contributed by atoms with Crippen LogP contribution in [0, 0.1) is 0 Å². The quantitative estimate of drug-likeness (QED) is 0.732. The Morgan fingerprint density at radius 1 is 1.20 bits per heavy atom. The van der Waals surface area contributed by atoms with Crippen molar-refractivity contribution in [2.24, 2.45) is 0 Å². The molecule has 1 aliphatic heterocycles. The summed E-state index contributed by atoms with van der Waals surface area (Å²) >= 11 is 0. The van der Waals surface area contributed by atoms with Gasteiger partial charge in [0.2, 0.25) is 0 Å². The number of nitrogens with one attached hydrogen (secondary N) is 1. The molecule has 2 aromatic heterocycles. The summed E-state index contributed by atoms with van der Waals surface area (Å²) in [6, 6.07) is 9.26. The van der Waals surface area contributed by atoms with Gasteiger partial charge in [0.05, 0.1) is 17.2 Å². The Morgan fingerprint density at radius 2 is 1.96 bits per heavy atom. The number of nitrogens with zero attached hydrogens (tertiary/aromatic N) is 3. The summed E-state index contributed by atoms with van der Waals surface area (Å²) in [4.78, 5) is 15.0. The van der Waals surface area contributed by atoms with E-state index in [2.05, 4.69) is 21.9 Å². The largest absolute Gasteiger partial charge is 0.508 e. The monoisotopic (exact) mass is 362 g/mol. The number of H-pyrrole nitrogens is 1. The predicted molar refractivity (Wildman–Crippen MR) is 101 cm³/mol. The SMILES string of the molecule is CN1CCC(c2ncc3[nH]c(-c4cccc(O)c4)cc3n2)CC1.Cl.O. The molecule has 1 saturated heterocycles. The first-order valence-corrected chi connectivity index (χ1v) is 8.02. The maximum Gasteiger partial charge on any atom is 0.132 e. The highest BCUT2D eigenvalue weighted by Gasteiger charge is 2.21. The van der Waals surface area contributed by atoms with Crippen molar-refractivity contribution < 1.29 is 10.6 Å². The number of aromatic amines is 1. The van der Waals surface area contributed by atoms with Crippen LogP contribution in [0.2, 0.25) is 0 Å². The molecule has 0 saturated carbocycles. The molecule has 0 spiro atoms. The standard InChI is InChI=1S/C18H20N4O.ClH.H2O/c1-22-7-5-12(6-8-22)18-19-11-17-16(21-18)10-15(20-17)13-3-2-4-14(23)9-13;;/h2-4,9-12,20,23H,5-8H2,1H3;1H;1H2. The first kappa shape index (κ1) is 19.2. The average molecular weight is 363 g/mol. The van der Waals surface area contributed by atoms with Gasteiger partial charge in [0.15, 0.2) is 0 Å². The molecule has 4 rings (SSSR count). The maximum absolute atomic E-state index is 9.64. The van der Waals surface area contributed by atoms with Gasteiger partial charge < -0.3 is 20.5 Å². The summed E-state index contributed by atoms with van der Waals surface area (Å²) in [6.45, 7) is 2.21. The van der Waals surface area contributed by atoms with Crippen molar-refractivity contribution in [3.63, 3.8) is 0 Å². The van der Waals surface area contributed by atoms with Crippen molar-refractivity contribution in [2.75, 3.05) is 20.1 Å². The van der Waals surface area contributed by atoms with E-state index >= 15 is 0 Å². The number of piperidine rings is 1. The number of hydrogen-bond donors (Lipinski definition) is 2. The molecule has 4 N–H and O–H groups in total. The molecule has 0 aliphatic carbocycles. The first-order chi connectivity index (χ1) is 11.2. The van der Waals surface area contributed by atoms with Crippen LogP contribution < -0.4 is 0 Å². The summed E-state index contributed by atoms with van der Waals surface area (Å²) in [6.07, 6.45) is 4.11. The van der Waals surface area contributed by atoms with E-state index in [1.807, 2.05) is 24.4 Å². The Labute approximate surface area is 152 Å². The van der Waals surface area contributed by atoms with Crippen LogP contribution in [0.3, 0.4) is 0 Å². The fraction of sp³-hybridized carbons (Fsp3) is 0.333. The van der Waals surface area contributed by atoms with Gasteiger partial charge in [-0.25, -0.2) is 9.97 Å². The topological polar surface area (TPSA) is 96.5 Å². The molecule has 1 aliphatic rings. The van der Waals surface area contributed by atoms with Gasteiger partial charge in [0.25, 0.3) is 0 Å². The van der Waals surface area contributed by atoms with Gasteiger partial charge in [-0.15, -0.1) is 12.4 Å². The van der Waals surface area contributed by atoms with Crippen molar-refractivity contribution >= 4 is 23.4 Å². The lowest BCUT2D eigenvalue weighted by atomic mass is 9.96. The van der Waals surface area contributed by atoms with E-state index in [1.54, 1.807) is 12.1 Å². The molecule has 25 heavy (non-hydrogen) atoms. The lowest BCUT2D eigenvalue weighted by molar-refractivity contribution is 0.251. The molecule has 3 aromatic rings. The smallest absolute Gasteiger partial charge is 0.132 e. The zero-order chi connectivity index (χ0) is 15.8. The minimum atomic E-state index is 0. The normalized spacial score (nSPS) is 15.6. The molecule has 3 heterocycles. The summed E-state index contributed by atoms with van der Waals surface area (Å²) in [7, 11) is 2.16. The van der Waals surface area contributed by atoms with Crippen LogP contribution in [-0.2, 0) is 0 Å². The fourth-order valence-corrected chi connectivity index (χ4v) is 3.23. The van der Waals surface area contributed by atoms with E-state index in [1.165, 1.54) is 0 Å². The zero-order valence-electron chi connectivity index (χ0n) is 14.1. The number of phenolic OH excluding ortho intramolecular Hbond substituents is 1. The van der Waals surface area contributed by atoms with Crippen LogP contribution in [0.1, 0.15) is 24.6 Å². The van der Waals surface area contributed by atoms with E-state index in [0.717, 1.165) is 54.0 Å². The van der Waals surface area contributed by atoms with E-state index in [0.29, 0.717) is 5.92 Å². The summed E-state index contributed by atoms with van der Waals surface area (Å²) in [5.74, 6) is 1.67. The Morgan fingerprint density at radius 3 is 2.68 bits per heavy atom. The minimum Gasteiger partial charge on any atom is -0.508 e. The summed E-state index contributed by atoms with van der Waals surface area (Å²) in [5, 5.41) is 9.64. The second kappa shape index (κ2) is 7.82. The van der Waals surface area contributed by atoms with Crippen LogP contribution >= 0.6 is 12.4 Å². The molecule has 0 amide bonds. The number of benzene rings is 1. The third-order valence-electron chi connectivity index (χ3n) is 4.63. The molecule has 0 unspecified atom stereocenters. The van der Waals surface area contributed by atoms with Crippen LogP contribution in [0.5, 0.6) is 5.75 Å². The van der Waals surface area contributed by atoms with Crippen LogP contribution in [0.25, 0.3) is 22.3 Å². The molecule has 134 valence electrons. The summed E-state index contributed by atoms with van der Waals surface area (Å²) in [5.41, 5.74) is 3.77. The van der Waals surface area contributed by atoms with Crippen molar-refractivity contribution in [3.05, 3.63) is 42.4 Å². The van der Waals surface area contributed by atoms with Crippen molar-refractivity contribution in [3.8, 4) is 17.0 Å². The third kappa shape index (κ3) is 3.92. The van der Waals surface area contributed by atoms with Crippen molar-refractivity contribution in [1.82, 2.24) is 19.9 Å². The fourth-order valence-electron chi connectivity index (χ4n) is 3.23.